The highest BCUT2D eigenvalue weighted by molar-refractivity contribution is 5.14. The molecular weight excluding hydrogens is 268 g/mol. The van der Waals surface area contributed by atoms with E-state index in [-0.39, 0.29) is 0 Å². The molecule has 1 fully saturated rings. The minimum Gasteiger partial charge on any atom is -0.316 e. The number of hydrogen-bond donors (Lipinski definition) is 2. The molecule has 1 aliphatic rings. The fraction of sp³-hybridized carbons (Fsp3) is 0.700. The zero-order valence-corrected chi connectivity index (χ0v) is 14.9. The van der Waals surface area contributed by atoms with Crippen LogP contribution < -0.4 is 10.6 Å². The molecule has 0 aromatic heterocycles. The lowest BCUT2D eigenvalue weighted by Crippen LogP contribution is -2.48. The fourth-order valence-corrected chi connectivity index (χ4v) is 4.47. The van der Waals surface area contributed by atoms with E-state index < -0.39 is 0 Å². The average Bonchev–Trinajstić information content (AvgIpc) is 2.43. The van der Waals surface area contributed by atoms with Crippen LogP contribution >= 0.6 is 0 Å². The van der Waals surface area contributed by atoms with Gasteiger partial charge >= 0.3 is 0 Å². The second kappa shape index (κ2) is 7.61. The number of rotatable bonds is 7. The van der Waals surface area contributed by atoms with Crippen LogP contribution in [0.25, 0.3) is 0 Å². The monoisotopic (exact) mass is 302 g/mol. The van der Waals surface area contributed by atoms with Crippen molar-refractivity contribution in [2.45, 2.75) is 59.4 Å². The zero-order chi connectivity index (χ0) is 16.1. The lowest BCUT2D eigenvalue weighted by Gasteiger charge is -2.47. The molecular formula is C20H34N2. The Balaban J connectivity index is 1.81. The largest absolute Gasteiger partial charge is 0.316 e. The summed E-state index contributed by atoms with van der Waals surface area (Å²) in [6, 6.07) is 11.4. The predicted molar refractivity (Wildman–Crippen MR) is 96.2 cm³/mol. The van der Waals surface area contributed by atoms with Crippen LogP contribution in [0, 0.1) is 10.8 Å². The molecule has 0 amide bonds. The van der Waals surface area contributed by atoms with E-state index in [9.17, 15) is 0 Å². The summed E-state index contributed by atoms with van der Waals surface area (Å²) >= 11 is 0. The van der Waals surface area contributed by atoms with Crippen molar-refractivity contribution in [2.75, 3.05) is 19.6 Å². The SMILES string of the molecule is CCNC1CC(C)(C)CC(C)(CNCCc2ccccc2)C1. The third-order valence-corrected chi connectivity index (χ3v) is 4.92. The molecule has 22 heavy (non-hydrogen) atoms. The van der Waals surface area contributed by atoms with Crippen molar-refractivity contribution in [3.05, 3.63) is 35.9 Å². The Labute approximate surface area is 137 Å². The first-order valence-electron chi connectivity index (χ1n) is 8.90. The Morgan fingerprint density at radius 1 is 1.09 bits per heavy atom. The molecule has 0 spiro atoms. The third-order valence-electron chi connectivity index (χ3n) is 4.92. The molecule has 0 radical (unpaired) electrons. The summed E-state index contributed by atoms with van der Waals surface area (Å²) in [6.07, 6.45) is 5.04. The standard InChI is InChI=1S/C20H34N2/c1-5-22-18-13-19(2,3)15-20(4,14-18)16-21-12-11-17-9-7-6-8-10-17/h6-10,18,21-22H,5,11-16H2,1-4H3. The molecule has 0 aliphatic heterocycles. The summed E-state index contributed by atoms with van der Waals surface area (Å²) in [6.45, 7) is 12.8. The van der Waals surface area contributed by atoms with Crippen molar-refractivity contribution >= 4 is 0 Å². The highest BCUT2D eigenvalue weighted by Crippen LogP contribution is 2.45. The third kappa shape index (κ3) is 5.40. The Morgan fingerprint density at radius 2 is 1.82 bits per heavy atom. The molecule has 2 rings (SSSR count). The van der Waals surface area contributed by atoms with E-state index in [4.69, 9.17) is 0 Å². The minimum absolute atomic E-state index is 0.408. The Morgan fingerprint density at radius 3 is 2.50 bits per heavy atom. The van der Waals surface area contributed by atoms with E-state index >= 15 is 0 Å². The molecule has 0 saturated heterocycles. The van der Waals surface area contributed by atoms with E-state index in [1.165, 1.54) is 24.8 Å². The first-order valence-corrected chi connectivity index (χ1v) is 8.90. The van der Waals surface area contributed by atoms with E-state index in [0.29, 0.717) is 16.9 Å². The van der Waals surface area contributed by atoms with Crippen LogP contribution in [0.5, 0.6) is 0 Å². The molecule has 1 saturated carbocycles. The summed E-state index contributed by atoms with van der Waals surface area (Å²) in [4.78, 5) is 0. The number of hydrogen-bond acceptors (Lipinski definition) is 2. The van der Waals surface area contributed by atoms with Crippen LogP contribution in [0.1, 0.15) is 52.5 Å². The molecule has 1 aromatic rings. The molecule has 0 bridgehead atoms. The van der Waals surface area contributed by atoms with Gasteiger partial charge in [-0.15, -0.1) is 0 Å². The Kier molecular flexibility index (Phi) is 6.05. The van der Waals surface area contributed by atoms with E-state index in [1.807, 2.05) is 0 Å². The van der Waals surface area contributed by atoms with Gasteiger partial charge in [-0.05, 0) is 55.2 Å². The van der Waals surface area contributed by atoms with Gasteiger partial charge in [0, 0.05) is 12.6 Å². The van der Waals surface area contributed by atoms with Crippen LogP contribution in [-0.2, 0) is 6.42 Å². The van der Waals surface area contributed by atoms with Gasteiger partial charge in [-0.25, -0.2) is 0 Å². The smallest absolute Gasteiger partial charge is 0.00776 e. The minimum atomic E-state index is 0.408. The van der Waals surface area contributed by atoms with Gasteiger partial charge in [0.25, 0.3) is 0 Å². The van der Waals surface area contributed by atoms with Gasteiger partial charge in [0.15, 0.2) is 0 Å². The van der Waals surface area contributed by atoms with Crippen molar-refractivity contribution in [3.8, 4) is 0 Å². The Hall–Kier alpha value is -0.860. The molecule has 1 aliphatic carbocycles. The maximum atomic E-state index is 3.72. The summed E-state index contributed by atoms with van der Waals surface area (Å²) in [7, 11) is 0. The number of nitrogens with one attached hydrogen (secondary N) is 2. The quantitative estimate of drug-likeness (QED) is 0.744. The lowest BCUT2D eigenvalue weighted by atomic mass is 9.62. The second-order valence-electron chi connectivity index (χ2n) is 8.23. The average molecular weight is 303 g/mol. The summed E-state index contributed by atoms with van der Waals surface area (Å²) in [5.74, 6) is 0. The normalized spacial score (nSPS) is 27.7. The van der Waals surface area contributed by atoms with Crippen LogP contribution in [0.3, 0.4) is 0 Å². The van der Waals surface area contributed by atoms with Gasteiger partial charge in [0.2, 0.25) is 0 Å². The van der Waals surface area contributed by atoms with E-state index in [0.717, 1.165) is 26.1 Å². The van der Waals surface area contributed by atoms with Crippen molar-refractivity contribution < 1.29 is 0 Å². The van der Waals surface area contributed by atoms with Gasteiger partial charge < -0.3 is 10.6 Å². The van der Waals surface area contributed by atoms with Crippen LogP contribution in [0.4, 0.5) is 0 Å². The van der Waals surface area contributed by atoms with E-state index in [1.54, 1.807) is 0 Å². The highest BCUT2D eigenvalue weighted by Gasteiger charge is 2.40. The molecule has 1 aromatic carbocycles. The van der Waals surface area contributed by atoms with Gasteiger partial charge in [0.1, 0.15) is 0 Å². The highest BCUT2D eigenvalue weighted by atomic mass is 14.9. The first kappa shape index (κ1) is 17.5. The maximum absolute atomic E-state index is 3.72. The molecule has 2 atom stereocenters. The molecule has 124 valence electrons. The fourth-order valence-electron chi connectivity index (χ4n) is 4.47. The molecule has 2 unspecified atom stereocenters. The van der Waals surface area contributed by atoms with Crippen LogP contribution in [0.2, 0.25) is 0 Å². The van der Waals surface area contributed by atoms with Crippen molar-refractivity contribution in [2.24, 2.45) is 10.8 Å². The van der Waals surface area contributed by atoms with Crippen LogP contribution in [0.15, 0.2) is 30.3 Å². The maximum Gasteiger partial charge on any atom is 0.00776 e. The summed E-state index contributed by atoms with van der Waals surface area (Å²) < 4.78 is 0. The van der Waals surface area contributed by atoms with Gasteiger partial charge in [0.05, 0.1) is 0 Å². The summed E-state index contributed by atoms with van der Waals surface area (Å²) in [5, 5.41) is 7.40. The van der Waals surface area contributed by atoms with E-state index in [2.05, 4.69) is 68.7 Å². The van der Waals surface area contributed by atoms with Crippen molar-refractivity contribution in [1.29, 1.82) is 0 Å². The first-order chi connectivity index (χ1) is 10.4. The number of benzene rings is 1. The lowest BCUT2D eigenvalue weighted by molar-refractivity contribution is 0.0712. The molecule has 2 heteroatoms. The zero-order valence-electron chi connectivity index (χ0n) is 14.9. The van der Waals surface area contributed by atoms with Gasteiger partial charge in [-0.1, -0.05) is 58.0 Å². The molecule has 0 heterocycles. The second-order valence-corrected chi connectivity index (χ2v) is 8.23. The van der Waals surface area contributed by atoms with Crippen molar-refractivity contribution in [3.63, 3.8) is 0 Å². The van der Waals surface area contributed by atoms with Gasteiger partial charge in [-0.2, -0.15) is 0 Å². The summed E-state index contributed by atoms with van der Waals surface area (Å²) in [5.41, 5.74) is 2.28. The topological polar surface area (TPSA) is 24.1 Å². The Bertz CT molecular complexity index is 440. The van der Waals surface area contributed by atoms with Crippen molar-refractivity contribution in [1.82, 2.24) is 10.6 Å². The predicted octanol–water partition coefficient (Wildman–Crippen LogP) is 4.01. The van der Waals surface area contributed by atoms with Crippen LogP contribution in [-0.4, -0.2) is 25.7 Å². The van der Waals surface area contributed by atoms with Gasteiger partial charge in [-0.3, -0.25) is 0 Å². The molecule has 2 N–H and O–H groups in total. The molecule has 2 nitrogen and oxygen atoms in total.